The van der Waals surface area contributed by atoms with E-state index in [4.69, 9.17) is 49.0 Å². The largest absolute Gasteiger partial charge is 0.495 e. The number of amides is 1. The van der Waals surface area contributed by atoms with Crippen molar-refractivity contribution in [2.75, 3.05) is 12.4 Å². The van der Waals surface area contributed by atoms with Gasteiger partial charge in [0.2, 0.25) is 11.8 Å². The molecule has 1 amide bonds. The standard InChI is InChI=1S/C31H25Cl2N3O4S/c1-17(2)18-4-9-28-25(14-18)34-30(40-28)19-5-8-27(38-3)24(15-19)35-31(41)36-29(37)11-7-23-6-10-26(39-23)20-12-21(32)16-22(33)13-20/h4-17H,1-3H3,(H2,35,36,37,41)/b11-7+. The number of aromatic nitrogens is 1. The number of ether oxygens (including phenoxy) is 1. The Hall–Kier alpha value is -4.11. The molecule has 0 atom stereocenters. The van der Waals surface area contributed by atoms with E-state index in [1.807, 2.05) is 24.3 Å². The van der Waals surface area contributed by atoms with Gasteiger partial charge in [-0.3, -0.25) is 10.1 Å². The predicted octanol–water partition coefficient (Wildman–Crippen LogP) is 8.72. The average Bonchev–Trinajstić information content (AvgIpc) is 3.58. The summed E-state index contributed by atoms with van der Waals surface area (Å²) in [7, 11) is 1.55. The van der Waals surface area contributed by atoms with E-state index in [1.165, 1.54) is 17.7 Å². The maximum absolute atomic E-state index is 12.5. The highest BCUT2D eigenvalue weighted by atomic mass is 35.5. The summed E-state index contributed by atoms with van der Waals surface area (Å²) in [5, 5.41) is 6.72. The first kappa shape index (κ1) is 28.4. The zero-order valence-corrected chi connectivity index (χ0v) is 24.7. The van der Waals surface area contributed by atoms with Crippen LogP contribution in [-0.2, 0) is 4.79 Å². The molecule has 0 aliphatic carbocycles. The number of nitrogens with zero attached hydrogens (tertiary/aromatic N) is 1. The Morgan fingerprint density at radius 1 is 0.976 bits per heavy atom. The van der Waals surface area contributed by atoms with Crippen LogP contribution in [0.2, 0.25) is 10.0 Å². The zero-order valence-electron chi connectivity index (χ0n) is 22.3. The third-order valence-corrected chi connectivity index (χ3v) is 6.82. The van der Waals surface area contributed by atoms with E-state index in [-0.39, 0.29) is 5.11 Å². The number of nitrogens with one attached hydrogen (secondary N) is 2. The monoisotopic (exact) mass is 605 g/mol. The first-order chi connectivity index (χ1) is 19.7. The number of rotatable bonds is 7. The van der Waals surface area contributed by atoms with Gasteiger partial charge in [-0.25, -0.2) is 4.98 Å². The van der Waals surface area contributed by atoms with Crippen LogP contribution >= 0.6 is 35.4 Å². The van der Waals surface area contributed by atoms with E-state index in [0.29, 0.717) is 50.4 Å². The lowest BCUT2D eigenvalue weighted by Crippen LogP contribution is -2.32. The minimum absolute atomic E-state index is 0.0861. The lowest BCUT2D eigenvalue weighted by Gasteiger charge is -2.13. The number of halogens is 2. The molecule has 0 unspecified atom stereocenters. The maximum Gasteiger partial charge on any atom is 0.250 e. The van der Waals surface area contributed by atoms with Crippen LogP contribution in [-0.4, -0.2) is 23.1 Å². The van der Waals surface area contributed by atoms with Crippen LogP contribution in [0.5, 0.6) is 5.75 Å². The van der Waals surface area contributed by atoms with E-state index in [0.717, 1.165) is 16.6 Å². The van der Waals surface area contributed by atoms with Crippen LogP contribution in [0, 0.1) is 0 Å². The number of oxazole rings is 1. The number of carbonyl (C=O) groups is 1. The van der Waals surface area contributed by atoms with Crippen LogP contribution in [0.4, 0.5) is 5.69 Å². The molecule has 0 bridgehead atoms. The number of hydrogen-bond acceptors (Lipinski definition) is 6. The number of hydrogen-bond donors (Lipinski definition) is 2. The van der Waals surface area contributed by atoms with E-state index in [1.54, 1.807) is 49.6 Å². The molecule has 2 heterocycles. The first-order valence-electron chi connectivity index (χ1n) is 12.6. The summed E-state index contributed by atoms with van der Waals surface area (Å²) in [4.78, 5) is 17.2. The molecule has 3 aromatic carbocycles. The molecule has 5 aromatic rings. The molecule has 0 aliphatic rings. The van der Waals surface area contributed by atoms with Gasteiger partial charge in [0.05, 0.1) is 12.8 Å². The highest BCUT2D eigenvalue weighted by molar-refractivity contribution is 7.80. The predicted molar refractivity (Wildman–Crippen MR) is 168 cm³/mol. The quantitative estimate of drug-likeness (QED) is 0.141. The summed E-state index contributed by atoms with van der Waals surface area (Å²) in [6.45, 7) is 4.26. The fraction of sp³-hybridized carbons (Fsp3) is 0.129. The third-order valence-electron chi connectivity index (χ3n) is 6.18. The van der Waals surface area contributed by atoms with Gasteiger partial charge < -0.3 is 18.9 Å². The van der Waals surface area contributed by atoms with E-state index in [2.05, 4.69) is 29.5 Å². The Kier molecular flexibility index (Phi) is 8.44. The Morgan fingerprint density at radius 2 is 1.76 bits per heavy atom. The average molecular weight is 607 g/mol. The van der Waals surface area contributed by atoms with Crippen molar-refractivity contribution in [3.8, 4) is 28.5 Å². The SMILES string of the molecule is COc1ccc(-c2nc3cc(C(C)C)ccc3o2)cc1NC(=S)NC(=O)/C=C/c1ccc(-c2cc(Cl)cc(Cl)c2)o1. The van der Waals surface area contributed by atoms with Crippen LogP contribution in [0.15, 0.2) is 81.6 Å². The number of thiocarbonyl (C=S) groups is 1. The molecule has 0 radical (unpaired) electrons. The molecule has 5 rings (SSSR count). The first-order valence-corrected chi connectivity index (χ1v) is 13.8. The second kappa shape index (κ2) is 12.2. The highest BCUT2D eigenvalue weighted by Crippen LogP contribution is 2.33. The van der Waals surface area contributed by atoms with Crippen molar-refractivity contribution in [3.63, 3.8) is 0 Å². The van der Waals surface area contributed by atoms with E-state index in [9.17, 15) is 4.79 Å². The second-order valence-electron chi connectivity index (χ2n) is 9.45. The number of anilines is 1. The Balaban J connectivity index is 1.26. The Morgan fingerprint density at radius 3 is 2.49 bits per heavy atom. The molecular formula is C31H25Cl2N3O4S. The van der Waals surface area contributed by atoms with Crippen molar-refractivity contribution in [2.24, 2.45) is 0 Å². The van der Waals surface area contributed by atoms with Crippen molar-refractivity contribution in [1.29, 1.82) is 0 Å². The fourth-order valence-electron chi connectivity index (χ4n) is 4.12. The van der Waals surface area contributed by atoms with E-state index < -0.39 is 5.91 Å². The van der Waals surface area contributed by atoms with Gasteiger partial charge in [0.15, 0.2) is 10.7 Å². The van der Waals surface area contributed by atoms with Crippen molar-refractivity contribution < 1.29 is 18.4 Å². The van der Waals surface area contributed by atoms with Crippen LogP contribution < -0.4 is 15.4 Å². The molecular weight excluding hydrogens is 581 g/mol. The summed E-state index contributed by atoms with van der Waals surface area (Å²) >= 11 is 17.5. The molecule has 0 saturated heterocycles. The fourth-order valence-corrected chi connectivity index (χ4v) is 4.86. The van der Waals surface area contributed by atoms with Crippen LogP contribution in [0.1, 0.15) is 31.1 Å². The third kappa shape index (κ3) is 6.79. The molecule has 0 saturated carbocycles. The van der Waals surface area contributed by atoms with Crippen LogP contribution in [0.25, 0.3) is 40.0 Å². The van der Waals surface area contributed by atoms with Gasteiger partial charge in [0.25, 0.3) is 0 Å². The number of benzene rings is 3. The number of methoxy groups -OCH3 is 1. The summed E-state index contributed by atoms with van der Waals surface area (Å²) in [6.07, 6.45) is 2.85. The lowest BCUT2D eigenvalue weighted by molar-refractivity contribution is -0.115. The van der Waals surface area contributed by atoms with E-state index >= 15 is 0 Å². The minimum atomic E-state index is -0.443. The summed E-state index contributed by atoms with van der Waals surface area (Å²) < 4.78 is 17.3. The lowest BCUT2D eigenvalue weighted by atomic mass is 10.0. The summed E-state index contributed by atoms with van der Waals surface area (Å²) in [5.74, 6) is 1.97. The maximum atomic E-state index is 12.5. The van der Waals surface area contributed by atoms with Gasteiger partial charge in [-0.1, -0.05) is 43.1 Å². The molecule has 2 N–H and O–H groups in total. The molecule has 0 aliphatic heterocycles. The van der Waals surface area contributed by atoms with Crippen molar-refractivity contribution in [3.05, 3.63) is 94.2 Å². The molecule has 7 nitrogen and oxygen atoms in total. The Labute approximate surface area is 252 Å². The van der Waals surface area contributed by atoms with Gasteiger partial charge in [0.1, 0.15) is 22.8 Å². The molecule has 41 heavy (non-hydrogen) atoms. The van der Waals surface area contributed by atoms with Gasteiger partial charge in [-0.15, -0.1) is 0 Å². The molecule has 208 valence electrons. The molecule has 0 fully saturated rings. The van der Waals surface area contributed by atoms with Crippen molar-refractivity contribution >= 4 is 69.3 Å². The summed E-state index contributed by atoms with van der Waals surface area (Å²) in [5.41, 5.74) is 4.66. The number of carbonyl (C=O) groups excluding carboxylic acids is 1. The molecule has 10 heteroatoms. The van der Waals surface area contributed by atoms with Crippen molar-refractivity contribution in [1.82, 2.24) is 10.3 Å². The van der Waals surface area contributed by atoms with Gasteiger partial charge >= 0.3 is 0 Å². The normalized spacial score (nSPS) is 11.4. The highest BCUT2D eigenvalue weighted by Gasteiger charge is 2.14. The minimum Gasteiger partial charge on any atom is -0.495 e. The van der Waals surface area contributed by atoms with Gasteiger partial charge in [-0.05, 0) is 90.4 Å². The number of fused-ring (bicyclic) bond motifs is 1. The van der Waals surface area contributed by atoms with Gasteiger partial charge in [-0.2, -0.15) is 0 Å². The smallest absolute Gasteiger partial charge is 0.250 e. The topological polar surface area (TPSA) is 89.5 Å². The van der Waals surface area contributed by atoms with Crippen LogP contribution in [0.3, 0.4) is 0 Å². The second-order valence-corrected chi connectivity index (χ2v) is 10.7. The molecule has 2 aromatic heterocycles. The van der Waals surface area contributed by atoms with Gasteiger partial charge in [0, 0.05) is 27.2 Å². The Bertz CT molecular complexity index is 1770. The van der Waals surface area contributed by atoms with Crippen molar-refractivity contribution in [2.45, 2.75) is 19.8 Å². The summed E-state index contributed by atoms with van der Waals surface area (Å²) in [6, 6.07) is 20.0. The molecule has 0 spiro atoms. The zero-order chi connectivity index (χ0) is 29.1. The number of furan rings is 1.